The number of hydrogen-bond acceptors (Lipinski definition) is 3. The first-order valence-corrected chi connectivity index (χ1v) is 3.30. The third kappa shape index (κ3) is 4.06. The van der Waals surface area contributed by atoms with Gasteiger partial charge in [0.1, 0.15) is 0 Å². The average molecular weight is 201 g/mol. The molecule has 1 heterocycles. The van der Waals surface area contributed by atoms with Crippen LogP contribution in [-0.2, 0) is 6.42 Å². The molecule has 0 radical (unpaired) electrons. The quantitative estimate of drug-likeness (QED) is 0.787. The Balaban J connectivity index is 0. The normalized spacial score (nSPS) is 7.70. The minimum atomic E-state index is 0. The number of nitrogens with two attached hydrogens (primary N) is 1. The zero-order valence-corrected chi connectivity index (χ0v) is 7.77. The molecule has 2 N–H and O–H groups in total. The first kappa shape index (κ1) is 12.8. The van der Waals surface area contributed by atoms with Crippen LogP contribution < -0.4 is 5.73 Å². The van der Waals surface area contributed by atoms with Crippen LogP contribution in [0.5, 0.6) is 0 Å². The molecule has 60 valence electrons. The predicted molar refractivity (Wildman–Crippen MR) is 49.4 cm³/mol. The summed E-state index contributed by atoms with van der Waals surface area (Å²) in [6.07, 6.45) is 2.76. The lowest BCUT2D eigenvalue weighted by atomic mass is 10.4. The van der Waals surface area contributed by atoms with Crippen LogP contribution in [0, 0.1) is 0 Å². The first-order valence-electron chi connectivity index (χ1n) is 2.53. The van der Waals surface area contributed by atoms with Crippen molar-refractivity contribution < 1.29 is 0 Å². The molecule has 0 saturated carbocycles. The maximum Gasteiger partial charge on any atom is 0.0409 e. The van der Waals surface area contributed by atoms with Crippen LogP contribution in [0.2, 0.25) is 0 Å². The SMILES string of the molecule is Cl.Cl.NCCc1ccns1. The number of rotatable bonds is 2. The van der Waals surface area contributed by atoms with Gasteiger partial charge in [-0.05, 0) is 30.6 Å². The second kappa shape index (κ2) is 7.28. The van der Waals surface area contributed by atoms with E-state index in [-0.39, 0.29) is 24.8 Å². The largest absolute Gasteiger partial charge is 0.330 e. The molecule has 5 heteroatoms. The summed E-state index contributed by atoms with van der Waals surface area (Å²) in [5.41, 5.74) is 5.30. The molecule has 0 bridgehead atoms. The van der Waals surface area contributed by atoms with E-state index in [4.69, 9.17) is 5.73 Å². The third-order valence-electron chi connectivity index (χ3n) is 0.882. The molecule has 0 aliphatic heterocycles. The summed E-state index contributed by atoms with van der Waals surface area (Å²) < 4.78 is 3.93. The minimum absolute atomic E-state index is 0. The van der Waals surface area contributed by atoms with Gasteiger partial charge >= 0.3 is 0 Å². The van der Waals surface area contributed by atoms with Crippen molar-refractivity contribution in [1.29, 1.82) is 0 Å². The molecule has 1 rings (SSSR count). The van der Waals surface area contributed by atoms with Crippen molar-refractivity contribution in [2.75, 3.05) is 6.54 Å². The van der Waals surface area contributed by atoms with Gasteiger partial charge in [0.15, 0.2) is 0 Å². The number of aromatic nitrogens is 1. The Morgan fingerprint density at radius 1 is 1.50 bits per heavy atom. The van der Waals surface area contributed by atoms with Gasteiger partial charge in [-0.25, -0.2) is 4.37 Å². The fourth-order valence-electron chi connectivity index (χ4n) is 0.513. The van der Waals surface area contributed by atoms with Crippen LogP contribution in [0.1, 0.15) is 4.88 Å². The second-order valence-corrected chi connectivity index (χ2v) is 2.44. The Morgan fingerprint density at radius 3 is 2.60 bits per heavy atom. The molecular formula is C5H10Cl2N2S. The maximum absolute atomic E-state index is 5.30. The van der Waals surface area contributed by atoms with Gasteiger partial charge in [-0.1, -0.05) is 0 Å². The molecule has 0 aliphatic carbocycles. The summed E-state index contributed by atoms with van der Waals surface area (Å²) in [5, 5.41) is 0. The Bertz CT molecular complexity index is 143. The molecule has 0 spiro atoms. The number of hydrogen-bond donors (Lipinski definition) is 1. The molecule has 0 atom stereocenters. The molecule has 0 aliphatic rings. The van der Waals surface area contributed by atoms with Crippen LogP contribution in [-0.4, -0.2) is 10.9 Å². The molecule has 2 nitrogen and oxygen atoms in total. The Labute approximate surface area is 76.8 Å². The highest BCUT2D eigenvalue weighted by Crippen LogP contribution is 2.02. The van der Waals surface area contributed by atoms with Gasteiger partial charge in [-0.15, -0.1) is 24.8 Å². The van der Waals surface area contributed by atoms with E-state index in [0.29, 0.717) is 0 Å². The molecule has 0 unspecified atom stereocenters. The van der Waals surface area contributed by atoms with E-state index in [1.807, 2.05) is 6.07 Å². The fourth-order valence-corrected chi connectivity index (χ4v) is 1.10. The van der Waals surface area contributed by atoms with Crippen molar-refractivity contribution in [1.82, 2.24) is 4.37 Å². The van der Waals surface area contributed by atoms with E-state index in [9.17, 15) is 0 Å². The molecule has 0 fully saturated rings. The van der Waals surface area contributed by atoms with E-state index in [1.54, 1.807) is 6.20 Å². The number of halogens is 2. The summed E-state index contributed by atoms with van der Waals surface area (Å²) >= 11 is 1.52. The van der Waals surface area contributed by atoms with Crippen LogP contribution in [0.25, 0.3) is 0 Å². The van der Waals surface area contributed by atoms with E-state index < -0.39 is 0 Å². The van der Waals surface area contributed by atoms with Crippen molar-refractivity contribution in [3.05, 3.63) is 17.1 Å². The maximum atomic E-state index is 5.30. The summed E-state index contributed by atoms with van der Waals surface area (Å²) in [4.78, 5) is 1.27. The molecule has 1 aromatic rings. The van der Waals surface area contributed by atoms with Gasteiger partial charge in [-0.3, -0.25) is 0 Å². The highest BCUT2D eigenvalue weighted by molar-refractivity contribution is 7.05. The van der Waals surface area contributed by atoms with E-state index in [1.165, 1.54) is 16.4 Å². The van der Waals surface area contributed by atoms with Gasteiger partial charge in [0, 0.05) is 11.1 Å². The summed E-state index contributed by atoms with van der Waals surface area (Å²) in [6.45, 7) is 0.724. The van der Waals surface area contributed by atoms with E-state index in [2.05, 4.69) is 4.37 Å². The van der Waals surface area contributed by atoms with E-state index in [0.717, 1.165) is 13.0 Å². The molecule has 0 amide bonds. The lowest BCUT2D eigenvalue weighted by Crippen LogP contribution is -2.00. The average Bonchev–Trinajstić information content (AvgIpc) is 2.19. The summed E-state index contributed by atoms with van der Waals surface area (Å²) in [7, 11) is 0. The topological polar surface area (TPSA) is 38.9 Å². The summed E-state index contributed by atoms with van der Waals surface area (Å²) in [6, 6.07) is 2.00. The number of nitrogens with zero attached hydrogens (tertiary/aromatic N) is 1. The van der Waals surface area contributed by atoms with Crippen molar-refractivity contribution in [3.8, 4) is 0 Å². The van der Waals surface area contributed by atoms with Crippen molar-refractivity contribution in [2.24, 2.45) is 5.73 Å². The molecule has 10 heavy (non-hydrogen) atoms. The fraction of sp³-hybridized carbons (Fsp3) is 0.400. The lowest BCUT2D eigenvalue weighted by Gasteiger charge is -1.84. The standard InChI is InChI=1S/C5H8N2S.2ClH/c6-3-1-5-2-4-7-8-5;;/h2,4H,1,3,6H2;2*1H. The second-order valence-electron chi connectivity index (χ2n) is 1.52. The lowest BCUT2D eigenvalue weighted by molar-refractivity contribution is 0.989. The Morgan fingerprint density at radius 2 is 2.20 bits per heavy atom. The summed E-state index contributed by atoms with van der Waals surface area (Å²) in [5.74, 6) is 0. The van der Waals surface area contributed by atoms with Crippen molar-refractivity contribution in [3.63, 3.8) is 0 Å². The first-order chi connectivity index (χ1) is 3.93. The van der Waals surface area contributed by atoms with Gasteiger partial charge in [-0.2, -0.15) is 0 Å². The van der Waals surface area contributed by atoms with Gasteiger partial charge in [0.25, 0.3) is 0 Å². The van der Waals surface area contributed by atoms with Gasteiger partial charge < -0.3 is 5.73 Å². The predicted octanol–water partition coefficient (Wildman–Crippen LogP) is 1.49. The smallest absolute Gasteiger partial charge is 0.0409 e. The van der Waals surface area contributed by atoms with Gasteiger partial charge in [0.05, 0.1) is 0 Å². The molecule has 1 aromatic heterocycles. The highest BCUT2D eigenvalue weighted by Gasteiger charge is 1.88. The van der Waals surface area contributed by atoms with Crippen molar-refractivity contribution in [2.45, 2.75) is 6.42 Å². The Kier molecular flexibility index (Phi) is 9.33. The monoisotopic (exact) mass is 200 g/mol. The highest BCUT2D eigenvalue weighted by atomic mass is 35.5. The molecular weight excluding hydrogens is 191 g/mol. The van der Waals surface area contributed by atoms with Gasteiger partial charge in [0.2, 0.25) is 0 Å². The van der Waals surface area contributed by atoms with Crippen molar-refractivity contribution >= 4 is 36.3 Å². The molecule has 0 saturated heterocycles. The zero-order chi connectivity index (χ0) is 5.82. The zero-order valence-electron chi connectivity index (χ0n) is 5.32. The van der Waals surface area contributed by atoms with Crippen LogP contribution in [0.4, 0.5) is 0 Å². The molecule has 0 aromatic carbocycles. The Hall–Kier alpha value is 0.170. The van der Waals surface area contributed by atoms with Crippen LogP contribution >= 0.6 is 36.3 Å². The van der Waals surface area contributed by atoms with Crippen LogP contribution in [0.3, 0.4) is 0 Å². The van der Waals surface area contributed by atoms with E-state index >= 15 is 0 Å². The third-order valence-corrected chi connectivity index (χ3v) is 1.68. The minimum Gasteiger partial charge on any atom is -0.330 e. The van der Waals surface area contributed by atoms with Crippen LogP contribution in [0.15, 0.2) is 12.3 Å².